The zero-order valence-corrected chi connectivity index (χ0v) is 9.77. The standard InChI is InChI=1S/C12H18N2O2/c1-3-14(12(15)16-4-2)9-10-6-5-7-11(13)8-10/h5-8H,3-4,9,13H2,1-2H3. The van der Waals surface area contributed by atoms with Crippen LogP contribution in [0, 0.1) is 0 Å². The van der Waals surface area contributed by atoms with Gasteiger partial charge >= 0.3 is 6.09 Å². The Morgan fingerprint density at radius 3 is 2.75 bits per heavy atom. The van der Waals surface area contributed by atoms with E-state index in [0.717, 1.165) is 5.56 Å². The Morgan fingerprint density at radius 1 is 1.44 bits per heavy atom. The molecule has 0 radical (unpaired) electrons. The van der Waals surface area contributed by atoms with Crippen LogP contribution in [0.2, 0.25) is 0 Å². The van der Waals surface area contributed by atoms with Crippen molar-refractivity contribution in [3.05, 3.63) is 29.8 Å². The summed E-state index contributed by atoms with van der Waals surface area (Å²) < 4.78 is 4.95. The maximum Gasteiger partial charge on any atom is 0.410 e. The van der Waals surface area contributed by atoms with E-state index in [1.165, 1.54) is 0 Å². The second kappa shape index (κ2) is 6.00. The summed E-state index contributed by atoms with van der Waals surface area (Å²) in [5.41, 5.74) is 7.39. The molecule has 0 atom stereocenters. The van der Waals surface area contributed by atoms with Gasteiger partial charge in [-0.3, -0.25) is 0 Å². The maximum absolute atomic E-state index is 11.5. The fraction of sp³-hybridized carbons (Fsp3) is 0.417. The van der Waals surface area contributed by atoms with E-state index >= 15 is 0 Å². The molecule has 0 saturated heterocycles. The third-order valence-electron chi connectivity index (χ3n) is 2.23. The number of hydrogen-bond acceptors (Lipinski definition) is 3. The first-order valence-electron chi connectivity index (χ1n) is 5.43. The van der Waals surface area contributed by atoms with Crippen LogP contribution in [-0.2, 0) is 11.3 Å². The predicted octanol–water partition coefficient (Wildman–Crippen LogP) is 2.25. The Balaban J connectivity index is 2.66. The summed E-state index contributed by atoms with van der Waals surface area (Å²) in [5, 5.41) is 0. The normalized spacial score (nSPS) is 9.88. The number of ether oxygens (including phenoxy) is 1. The minimum absolute atomic E-state index is 0.285. The molecule has 1 amide bonds. The molecule has 0 spiro atoms. The summed E-state index contributed by atoms with van der Waals surface area (Å²) >= 11 is 0. The zero-order valence-electron chi connectivity index (χ0n) is 9.77. The summed E-state index contributed by atoms with van der Waals surface area (Å²) in [6, 6.07) is 7.51. The number of rotatable bonds is 4. The predicted molar refractivity (Wildman–Crippen MR) is 64.0 cm³/mol. The van der Waals surface area contributed by atoms with Crippen LogP contribution in [0.5, 0.6) is 0 Å². The minimum atomic E-state index is -0.285. The minimum Gasteiger partial charge on any atom is -0.450 e. The number of carbonyl (C=O) groups is 1. The Kier molecular flexibility index (Phi) is 4.64. The van der Waals surface area contributed by atoms with Crippen molar-refractivity contribution >= 4 is 11.8 Å². The molecule has 1 rings (SSSR count). The molecular weight excluding hydrogens is 204 g/mol. The second-order valence-corrected chi connectivity index (χ2v) is 3.46. The molecule has 0 aliphatic rings. The van der Waals surface area contributed by atoms with Crippen LogP contribution in [0.1, 0.15) is 19.4 Å². The molecule has 0 saturated carbocycles. The van der Waals surface area contributed by atoms with Gasteiger partial charge in [0, 0.05) is 18.8 Å². The smallest absolute Gasteiger partial charge is 0.410 e. The third-order valence-corrected chi connectivity index (χ3v) is 2.23. The highest BCUT2D eigenvalue weighted by Gasteiger charge is 2.12. The van der Waals surface area contributed by atoms with Gasteiger partial charge in [-0.2, -0.15) is 0 Å². The van der Waals surface area contributed by atoms with E-state index in [1.54, 1.807) is 11.8 Å². The molecule has 16 heavy (non-hydrogen) atoms. The number of amides is 1. The van der Waals surface area contributed by atoms with Gasteiger partial charge < -0.3 is 15.4 Å². The lowest BCUT2D eigenvalue weighted by Gasteiger charge is -2.20. The number of nitrogens with zero attached hydrogens (tertiary/aromatic N) is 1. The van der Waals surface area contributed by atoms with E-state index in [-0.39, 0.29) is 6.09 Å². The van der Waals surface area contributed by atoms with Crippen molar-refractivity contribution in [2.75, 3.05) is 18.9 Å². The molecule has 0 aliphatic heterocycles. The number of benzene rings is 1. The van der Waals surface area contributed by atoms with E-state index in [1.807, 2.05) is 31.2 Å². The zero-order chi connectivity index (χ0) is 12.0. The van der Waals surface area contributed by atoms with E-state index < -0.39 is 0 Å². The van der Waals surface area contributed by atoms with Crippen molar-refractivity contribution in [1.82, 2.24) is 4.90 Å². The van der Waals surface area contributed by atoms with Crippen LogP contribution in [0.15, 0.2) is 24.3 Å². The molecule has 1 aromatic rings. The first-order chi connectivity index (χ1) is 7.67. The van der Waals surface area contributed by atoms with E-state index in [0.29, 0.717) is 25.4 Å². The van der Waals surface area contributed by atoms with Gasteiger partial charge in [0.05, 0.1) is 6.61 Å². The molecule has 1 aromatic carbocycles. The maximum atomic E-state index is 11.5. The fourth-order valence-corrected chi connectivity index (χ4v) is 1.43. The van der Waals surface area contributed by atoms with Crippen molar-refractivity contribution < 1.29 is 9.53 Å². The average Bonchev–Trinajstić information content (AvgIpc) is 2.26. The van der Waals surface area contributed by atoms with Crippen LogP contribution < -0.4 is 5.73 Å². The summed E-state index contributed by atoms with van der Waals surface area (Å²) in [6.07, 6.45) is -0.285. The number of nitrogens with two attached hydrogens (primary N) is 1. The second-order valence-electron chi connectivity index (χ2n) is 3.46. The van der Waals surface area contributed by atoms with E-state index in [2.05, 4.69) is 0 Å². The molecule has 2 N–H and O–H groups in total. The van der Waals surface area contributed by atoms with Crippen molar-refractivity contribution in [2.24, 2.45) is 0 Å². The molecule has 0 aromatic heterocycles. The van der Waals surface area contributed by atoms with Gasteiger partial charge in [0.2, 0.25) is 0 Å². The van der Waals surface area contributed by atoms with Crippen LogP contribution in [0.4, 0.5) is 10.5 Å². The molecule has 0 heterocycles. The van der Waals surface area contributed by atoms with E-state index in [9.17, 15) is 4.79 Å². The first-order valence-corrected chi connectivity index (χ1v) is 5.43. The van der Waals surface area contributed by atoms with Crippen LogP contribution in [-0.4, -0.2) is 24.1 Å². The molecule has 0 unspecified atom stereocenters. The lowest BCUT2D eigenvalue weighted by Crippen LogP contribution is -2.30. The Labute approximate surface area is 96.0 Å². The van der Waals surface area contributed by atoms with Gasteiger partial charge in [-0.25, -0.2) is 4.79 Å². The number of nitrogen functional groups attached to an aromatic ring is 1. The van der Waals surface area contributed by atoms with Gasteiger partial charge in [0.15, 0.2) is 0 Å². The van der Waals surface area contributed by atoms with Crippen LogP contribution >= 0.6 is 0 Å². The molecule has 0 fully saturated rings. The lowest BCUT2D eigenvalue weighted by atomic mass is 10.2. The van der Waals surface area contributed by atoms with E-state index in [4.69, 9.17) is 10.5 Å². The highest BCUT2D eigenvalue weighted by atomic mass is 16.6. The molecular formula is C12H18N2O2. The summed E-state index contributed by atoms with van der Waals surface area (Å²) in [7, 11) is 0. The van der Waals surface area contributed by atoms with Crippen molar-refractivity contribution in [3.8, 4) is 0 Å². The summed E-state index contributed by atoms with van der Waals surface area (Å²) in [6.45, 7) is 5.26. The highest BCUT2D eigenvalue weighted by molar-refractivity contribution is 5.67. The molecule has 88 valence electrons. The third kappa shape index (κ3) is 3.46. The summed E-state index contributed by atoms with van der Waals surface area (Å²) in [5.74, 6) is 0. The topological polar surface area (TPSA) is 55.6 Å². The van der Waals surface area contributed by atoms with Gasteiger partial charge in [0.25, 0.3) is 0 Å². The van der Waals surface area contributed by atoms with Crippen LogP contribution in [0.25, 0.3) is 0 Å². The van der Waals surface area contributed by atoms with Gasteiger partial charge in [-0.1, -0.05) is 12.1 Å². The molecule has 0 aliphatic carbocycles. The molecule has 4 nitrogen and oxygen atoms in total. The molecule has 0 bridgehead atoms. The van der Waals surface area contributed by atoms with Gasteiger partial charge in [-0.15, -0.1) is 0 Å². The van der Waals surface area contributed by atoms with Gasteiger partial charge in [0.1, 0.15) is 0 Å². The van der Waals surface area contributed by atoms with Gasteiger partial charge in [-0.05, 0) is 31.5 Å². The Morgan fingerprint density at radius 2 is 2.19 bits per heavy atom. The van der Waals surface area contributed by atoms with Crippen molar-refractivity contribution in [3.63, 3.8) is 0 Å². The van der Waals surface area contributed by atoms with Crippen molar-refractivity contribution in [1.29, 1.82) is 0 Å². The number of carbonyl (C=O) groups excluding carboxylic acids is 1. The van der Waals surface area contributed by atoms with Crippen LogP contribution in [0.3, 0.4) is 0 Å². The lowest BCUT2D eigenvalue weighted by molar-refractivity contribution is 0.107. The SMILES string of the molecule is CCOC(=O)N(CC)Cc1cccc(N)c1. The highest BCUT2D eigenvalue weighted by Crippen LogP contribution is 2.10. The number of anilines is 1. The monoisotopic (exact) mass is 222 g/mol. The van der Waals surface area contributed by atoms with Crippen molar-refractivity contribution in [2.45, 2.75) is 20.4 Å². The summed E-state index contributed by atoms with van der Waals surface area (Å²) in [4.78, 5) is 13.2. The fourth-order valence-electron chi connectivity index (χ4n) is 1.43. The first kappa shape index (κ1) is 12.4. The average molecular weight is 222 g/mol. The largest absolute Gasteiger partial charge is 0.450 e. The molecule has 4 heteroatoms. The number of hydrogen-bond donors (Lipinski definition) is 1. The quantitative estimate of drug-likeness (QED) is 0.795. The Hall–Kier alpha value is -1.71. The Bertz CT molecular complexity index is 353.